The van der Waals surface area contributed by atoms with E-state index in [1.54, 1.807) is 0 Å². The lowest BCUT2D eigenvalue weighted by Gasteiger charge is -2.21. The van der Waals surface area contributed by atoms with Crippen molar-refractivity contribution < 1.29 is 4.79 Å². The number of anilines is 1. The molecule has 3 aromatic carbocycles. The molecule has 3 heterocycles. The average molecular weight is 549 g/mol. The number of hydrogen-bond donors (Lipinski definition) is 1. The Balaban J connectivity index is 1.40. The van der Waals surface area contributed by atoms with Crippen LogP contribution in [0.3, 0.4) is 0 Å². The third-order valence-electron chi connectivity index (χ3n) is 8.08. The number of hydrogen-bond acceptors (Lipinski definition) is 5. The topological polar surface area (TPSA) is 87.1 Å². The molecule has 1 aliphatic rings. The summed E-state index contributed by atoms with van der Waals surface area (Å²) in [5.41, 5.74) is 6.78. The summed E-state index contributed by atoms with van der Waals surface area (Å²) < 4.78 is 2.24. The molecule has 0 bridgehead atoms. The summed E-state index contributed by atoms with van der Waals surface area (Å²) in [6.45, 7) is 8.53. The minimum Gasteiger partial charge on any atom is -0.372 e. The van der Waals surface area contributed by atoms with Gasteiger partial charge in [-0.15, -0.1) is 0 Å². The molecule has 0 aliphatic carbocycles. The van der Waals surface area contributed by atoms with Gasteiger partial charge in [0.15, 0.2) is 0 Å². The molecule has 1 amide bonds. The number of carbonyl (C=O) groups is 1. The lowest BCUT2D eigenvalue weighted by molar-refractivity contribution is -0.127. The molecule has 41 heavy (non-hydrogen) atoms. The molecule has 2 aromatic heterocycles. The largest absolute Gasteiger partial charge is 0.372 e. The van der Waals surface area contributed by atoms with Crippen molar-refractivity contribution in [3.8, 4) is 11.4 Å². The molecule has 1 fully saturated rings. The van der Waals surface area contributed by atoms with E-state index in [9.17, 15) is 9.59 Å². The fourth-order valence-electron chi connectivity index (χ4n) is 5.87. The highest BCUT2D eigenvalue weighted by atomic mass is 16.2. The highest BCUT2D eigenvalue weighted by molar-refractivity contribution is 5.93. The minimum absolute atomic E-state index is 0.178. The lowest BCUT2D eigenvalue weighted by atomic mass is 10.1. The van der Waals surface area contributed by atoms with Gasteiger partial charge in [0.2, 0.25) is 5.91 Å². The van der Waals surface area contributed by atoms with E-state index in [-0.39, 0.29) is 11.5 Å². The number of likely N-dealkylation sites (tertiary alicyclic amines) is 1. The van der Waals surface area contributed by atoms with E-state index >= 15 is 0 Å². The Morgan fingerprint density at radius 3 is 2.39 bits per heavy atom. The first kappa shape index (κ1) is 26.7. The van der Waals surface area contributed by atoms with Crippen LogP contribution in [0.5, 0.6) is 0 Å². The van der Waals surface area contributed by atoms with Gasteiger partial charge in [-0.2, -0.15) is 0 Å². The predicted octanol–water partition coefficient (Wildman–Crippen LogP) is 5.39. The van der Waals surface area contributed by atoms with Crippen LogP contribution in [0, 0.1) is 0 Å². The average Bonchev–Trinajstić information content (AvgIpc) is 3.56. The number of H-pyrrole nitrogens is 1. The first-order valence-electron chi connectivity index (χ1n) is 14.6. The molecular weight excluding hydrogens is 512 g/mol. The van der Waals surface area contributed by atoms with E-state index in [0.29, 0.717) is 24.1 Å². The van der Waals surface area contributed by atoms with Gasteiger partial charge in [0, 0.05) is 56.8 Å². The Morgan fingerprint density at radius 1 is 0.902 bits per heavy atom. The van der Waals surface area contributed by atoms with Crippen molar-refractivity contribution >= 4 is 33.7 Å². The van der Waals surface area contributed by atoms with Crippen molar-refractivity contribution in [3.05, 3.63) is 88.3 Å². The van der Waals surface area contributed by atoms with Crippen LogP contribution in [0.2, 0.25) is 0 Å². The van der Waals surface area contributed by atoms with Crippen molar-refractivity contribution in [2.75, 3.05) is 31.1 Å². The van der Waals surface area contributed by atoms with Crippen molar-refractivity contribution in [2.45, 2.75) is 46.1 Å². The summed E-state index contributed by atoms with van der Waals surface area (Å²) in [7, 11) is 0. The standard InChI is InChI=1S/C33H36N6O2/c1-3-37(4-2)25-15-13-24(14-16-25)32-35-28-21-26-27(34-29(33(41)36-26)20-23-10-6-5-7-11-23)22-30(28)39(32)19-9-18-38-17-8-12-31(38)40/h5-7,10-11,13-16,21-22H,3-4,8-9,12,17-20H2,1-2H3,(H,36,41). The van der Waals surface area contributed by atoms with Crippen LogP contribution in [0.1, 0.15) is 44.4 Å². The van der Waals surface area contributed by atoms with E-state index in [1.807, 2.05) is 47.4 Å². The number of imidazole rings is 1. The van der Waals surface area contributed by atoms with Gasteiger partial charge in [-0.05, 0) is 68.7 Å². The third-order valence-corrected chi connectivity index (χ3v) is 8.08. The molecule has 8 nitrogen and oxygen atoms in total. The summed E-state index contributed by atoms with van der Waals surface area (Å²) in [6, 6.07) is 22.5. The van der Waals surface area contributed by atoms with E-state index in [1.165, 1.54) is 5.69 Å². The number of fused-ring (bicyclic) bond motifs is 2. The molecule has 1 aliphatic heterocycles. The van der Waals surface area contributed by atoms with Crippen LogP contribution >= 0.6 is 0 Å². The summed E-state index contributed by atoms with van der Waals surface area (Å²) in [6.07, 6.45) is 2.90. The zero-order valence-corrected chi connectivity index (χ0v) is 23.8. The molecule has 0 spiro atoms. The molecule has 1 saturated heterocycles. The molecule has 0 radical (unpaired) electrons. The summed E-state index contributed by atoms with van der Waals surface area (Å²) in [5, 5.41) is 0. The van der Waals surface area contributed by atoms with E-state index < -0.39 is 0 Å². The second-order valence-electron chi connectivity index (χ2n) is 10.7. The van der Waals surface area contributed by atoms with Gasteiger partial charge in [-0.25, -0.2) is 9.97 Å². The van der Waals surface area contributed by atoms with Gasteiger partial charge in [0.25, 0.3) is 5.56 Å². The Labute approximate surface area is 239 Å². The van der Waals surface area contributed by atoms with Crippen LogP contribution in [-0.2, 0) is 17.8 Å². The van der Waals surface area contributed by atoms with Gasteiger partial charge in [-0.1, -0.05) is 30.3 Å². The van der Waals surface area contributed by atoms with E-state index in [0.717, 1.165) is 79.1 Å². The van der Waals surface area contributed by atoms with Gasteiger partial charge < -0.3 is 19.4 Å². The van der Waals surface area contributed by atoms with E-state index in [4.69, 9.17) is 9.97 Å². The Morgan fingerprint density at radius 2 is 1.68 bits per heavy atom. The number of amides is 1. The van der Waals surface area contributed by atoms with Gasteiger partial charge in [0.05, 0.1) is 22.1 Å². The quantitative estimate of drug-likeness (QED) is 0.253. The highest BCUT2D eigenvalue weighted by Gasteiger charge is 2.20. The number of aromatic amines is 1. The molecule has 210 valence electrons. The van der Waals surface area contributed by atoms with Crippen LogP contribution in [0.15, 0.2) is 71.5 Å². The first-order chi connectivity index (χ1) is 20.0. The van der Waals surface area contributed by atoms with Crippen molar-refractivity contribution in [1.82, 2.24) is 24.4 Å². The molecule has 8 heteroatoms. The SMILES string of the molecule is CCN(CC)c1ccc(-c2nc3cc4[nH]c(=O)c(Cc5ccccc5)nc4cc3n2CCCN2CCCC2=O)cc1. The Bertz CT molecular complexity index is 1740. The number of aryl methyl sites for hydroxylation is 1. The third kappa shape index (κ3) is 5.46. The summed E-state index contributed by atoms with van der Waals surface area (Å²) in [4.78, 5) is 42.3. The van der Waals surface area contributed by atoms with Crippen molar-refractivity contribution in [3.63, 3.8) is 0 Å². The molecular formula is C33H36N6O2. The number of aromatic nitrogens is 4. The van der Waals surface area contributed by atoms with E-state index in [2.05, 4.69) is 52.6 Å². The fraction of sp³-hybridized carbons (Fsp3) is 0.333. The molecule has 0 atom stereocenters. The van der Waals surface area contributed by atoms with Gasteiger partial charge in [0.1, 0.15) is 11.5 Å². The predicted molar refractivity (Wildman–Crippen MR) is 164 cm³/mol. The number of rotatable bonds is 10. The number of carbonyl (C=O) groups excluding carboxylic acids is 1. The van der Waals surface area contributed by atoms with Crippen LogP contribution in [-0.4, -0.2) is 56.5 Å². The fourth-order valence-corrected chi connectivity index (χ4v) is 5.87. The lowest BCUT2D eigenvalue weighted by Crippen LogP contribution is -2.26. The Kier molecular flexibility index (Phi) is 7.55. The van der Waals surface area contributed by atoms with Gasteiger partial charge >= 0.3 is 0 Å². The maximum atomic E-state index is 12.9. The van der Waals surface area contributed by atoms with Crippen molar-refractivity contribution in [2.24, 2.45) is 0 Å². The van der Waals surface area contributed by atoms with Crippen LogP contribution in [0.25, 0.3) is 33.5 Å². The minimum atomic E-state index is -0.178. The molecule has 0 saturated carbocycles. The maximum Gasteiger partial charge on any atom is 0.270 e. The monoisotopic (exact) mass is 548 g/mol. The molecule has 1 N–H and O–H groups in total. The summed E-state index contributed by atoms with van der Waals surface area (Å²) in [5.74, 6) is 1.12. The molecule has 0 unspecified atom stereocenters. The molecule has 5 aromatic rings. The smallest absolute Gasteiger partial charge is 0.270 e. The number of nitrogens with zero attached hydrogens (tertiary/aromatic N) is 5. The van der Waals surface area contributed by atoms with Crippen LogP contribution in [0.4, 0.5) is 5.69 Å². The molecule has 6 rings (SSSR count). The second kappa shape index (κ2) is 11.6. The zero-order chi connectivity index (χ0) is 28.3. The first-order valence-corrected chi connectivity index (χ1v) is 14.6. The van der Waals surface area contributed by atoms with Gasteiger partial charge in [-0.3, -0.25) is 9.59 Å². The zero-order valence-electron chi connectivity index (χ0n) is 23.8. The highest BCUT2D eigenvalue weighted by Crippen LogP contribution is 2.29. The Hall–Kier alpha value is -4.46. The van der Waals surface area contributed by atoms with Crippen molar-refractivity contribution in [1.29, 1.82) is 0 Å². The second-order valence-corrected chi connectivity index (χ2v) is 10.7. The maximum absolute atomic E-state index is 12.9. The van der Waals surface area contributed by atoms with Crippen LogP contribution < -0.4 is 10.5 Å². The summed E-state index contributed by atoms with van der Waals surface area (Å²) >= 11 is 0. The normalized spacial score (nSPS) is 13.5. The number of nitrogens with one attached hydrogen (secondary N) is 1. The number of benzene rings is 3.